The Balaban J connectivity index is 2.45. The van der Waals surface area contributed by atoms with Crippen molar-refractivity contribution in [3.63, 3.8) is 0 Å². The molecule has 1 fully saturated rings. The summed E-state index contributed by atoms with van der Waals surface area (Å²) in [6.45, 7) is -0.204. The van der Waals surface area contributed by atoms with Gasteiger partial charge >= 0.3 is 5.97 Å². The minimum Gasteiger partial charge on any atom is -0.747 e. The van der Waals surface area contributed by atoms with Crippen molar-refractivity contribution in [3.05, 3.63) is 0 Å². The molecule has 1 unspecified atom stereocenters. The van der Waals surface area contributed by atoms with Gasteiger partial charge in [0.05, 0.1) is 32.6 Å². The monoisotopic (exact) mass is 337 g/mol. The highest BCUT2D eigenvalue weighted by Gasteiger charge is 2.45. The average molecular weight is 337 g/mol. The molecule has 0 spiro atoms. The Hall–Kier alpha value is -2.05. The second kappa shape index (κ2) is 7.82. The number of carbonyl (C=O) groups is 3. The van der Waals surface area contributed by atoms with Crippen LogP contribution in [0.2, 0.25) is 0 Å². The van der Waals surface area contributed by atoms with Crippen molar-refractivity contribution in [2.75, 3.05) is 19.8 Å². The number of nitrogens with zero attached hydrogens (tertiary/aromatic N) is 2. The molecule has 11 nitrogen and oxygen atoms in total. The molecule has 0 aromatic carbocycles. The van der Waals surface area contributed by atoms with Crippen molar-refractivity contribution < 1.29 is 42.0 Å². The van der Waals surface area contributed by atoms with Crippen LogP contribution in [0.4, 0.5) is 0 Å². The van der Waals surface area contributed by atoms with Gasteiger partial charge in [-0.2, -0.15) is 0 Å². The number of hydrogen-bond donors (Lipinski definition) is 1. The van der Waals surface area contributed by atoms with Crippen LogP contribution in [-0.2, 0) is 34.1 Å². The Bertz CT molecular complexity index is 571. The van der Waals surface area contributed by atoms with E-state index in [1.54, 1.807) is 0 Å². The van der Waals surface area contributed by atoms with E-state index >= 15 is 0 Å². The van der Waals surface area contributed by atoms with Crippen LogP contribution in [0.25, 0.3) is 0 Å². The van der Waals surface area contributed by atoms with Crippen LogP contribution in [0.1, 0.15) is 12.8 Å². The standard InChI is InChI=1S/C10H14N2O9S/c13-3-2-11-6-20-4-1-9(15)21-12-8(14)5-7(10(12)16)22(17,18)19/h6-7,13H,1-5H2,(H,17,18,19)/p-1. The molecule has 1 atom stereocenters. The second-order valence-electron chi connectivity index (χ2n) is 4.03. The summed E-state index contributed by atoms with van der Waals surface area (Å²) in [5, 5.41) is 6.32. The fourth-order valence-corrected chi connectivity index (χ4v) is 2.10. The molecule has 2 amide bonds. The lowest BCUT2D eigenvalue weighted by molar-refractivity contribution is -0.197. The van der Waals surface area contributed by atoms with Gasteiger partial charge in [-0.3, -0.25) is 14.6 Å². The van der Waals surface area contributed by atoms with Crippen molar-refractivity contribution >= 4 is 34.3 Å². The van der Waals surface area contributed by atoms with Gasteiger partial charge in [-0.1, -0.05) is 0 Å². The Kier molecular flexibility index (Phi) is 6.39. The first kappa shape index (κ1) is 18.0. The second-order valence-corrected chi connectivity index (χ2v) is 5.59. The van der Waals surface area contributed by atoms with E-state index in [4.69, 9.17) is 9.84 Å². The zero-order chi connectivity index (χ0) is 16.8. The normalized spacial score (nSPS) is 19.0. The lowest BCUT2D eigenvalue weighted by Gasteiger charge is -2.15. The molecular formula is C10H13N2O9S-. The molecular weight excluding hydrogens is 324 g/mol. The molecule has 1 N–H and O–H groups in total. The van der Waals surface area contributed by atoms with E-state index < -0.39 is 39.6 Å². The number of rotatable bonds is 8. The fraction of sp³-hybridized carbons (Fsp3) is 0.600. The first-order valence-corrected chi connectivity index (χ1v) is 7.47. The van der Waals surface area contributed by atoms with Crippen molar-refractivity contribution in [3.8, 4) is 0 Å². The first-order valence-electron chi connectivity index (χ1n) is 6.00. The lowest BCUT2D eigenvalue weighted by Crippen LogP contribution is -2.36. The minimum atomic E-state index is -5.00. The Morgan fingerprint density at radius 1 is 1.50 bits per heavy atom. The number of aliphatic hydroxyl groups excluding tert-OH is 1. The SMILES string of the molecule is O=C(CCOC=NCCO)ON1C(=O)CC(S(=O)(=O)[O-])C1=O. The van der Waals surface area contributed by atoms with Gasteiger partial charge in [-0.15, -0.1) is 5.06 Å². The lowest BCUT2D eigenvalue weighted by atomic mass is 10.4. The number of hydrogen-bond acceptors (Lipinski definition) is 10. The van der Waals surface area contributed by atoms with Crippen LogP contribution >= 0.6 is 0 Å². The third-order valence-electron chi connectivity index (χ3n) is 2.41. The largest absolute Gasteiger partial charge is 0.747 e. The quantitative estimate of drug-likeness (QED) is 0.166. The molecule has 1 rings (SSSR count). The molecule has 0 saturated carbocycles. The molecule has 12 heteroatoms. The number of ether oxygens (including phenoxy) is 1. The molecule has 0 aromatic rings. The molecule has 1 saturated heterocycles. The van der Waals surface area contributed by atoms with Gasteiger partial charge in [0.1, 0.15) is 15.4 Å². The van der Waals surface area contributed by atoms with Crippen LogP contribution in [0.15, 0.2) is 4.99 Å². The maximum absolute atomic E-state index is 11.5. The van der Waals surface area contributed by atoms with Crippen LogP contribution in [0, 0.1) is 0 Å². The molecule has 124 valence electrons. The third kappa shape index (κ3) is 5.05. The Morgan fingerprint density at radius 3 is 2.73 bits per heavy atom. The number of hydroxylamine groups is 2. The zero-order valence-electron chi connectivity index (χ0n) is 11.2. The van der Waals surface area contributed by atoms with Gasteiger partial charge < -0.3 is 19.2 Å². The summed E-state index contributed by atoms with van der Waals surface area (Å²) in [6, 6.07) is 0. The van der Waals surface area contributed by atoms with Gasteiger partial charge in [0, 0.05) is 0 Å². The zero-order valence-corrected chi connectivity index (χ0v) is 12.0. The van der Waals surface area contributed by atoms with E-state index in [1.807, 2.05) is 0 Å². The van der Waals surface area contributed by atoms with Crippen LogP contribution in [0.5, 0.6) is 0 Å². The Morgan fingerprint density at radius 2 is 2.18 bits per heavy atom. The summed E-state index contributed by atoms with van der Waals surface area (Å²) in [7, 11) is -5.00. The highest BCUT2D eigenvalue weighted by atomic mass is 32.2. The molecule has 1 heterocycles. The van der Waals surface area contributed by atoms with Crippen molar-refractivity contribution in [1.29, 1.82) is 0 Å². The fourth-order valence-electron chi connectivity index (χ4n) is 1.41. The summed E-state index contributed by atoms with van der Waals surface area (Å²) in [4.78, 5) is 42.3. The van der Waals surface area contributed by atoms with Crippen LogP contribution < -0.4 is 0 Å². The predicted molar refractivity (Wildman–Crippen MR) is 67.1 cm³/mol. The van der Waals surface area contributed by atoms with E-state index in [0.717, 1.165) is 6.40 Å². The number of aliphatic hydroxyl groups is 1. The molecule has 0 aliphatic carbocycles. The smallest absolute Gasteiger partial charge is 0.336 e. The van der Waals surface area contributed by atoms with Gasteiger partial charge in [0.2, 0.25) is 0 Å². The summed E-state index contributed by atoms with van der Waals surface area (Å²) in [5.74, 6) is -3.51. The summed E-state index contributed by atoms with van der Waals surface area (Å²) in [6.07, 6.45) is -0.199. The summed E-state index contributed by atoms with van der Waals surface area (Å²) < 4.78 is 37.1. The first-order chi connectivity index (χ1) is 10.3. The molecule has 22 heavy (non-hydrogen) atoms. The van der Waals surface area contributed by atoms with E-state index in [2.05, 4.69) is 9.83 Å². The molecule has 0 radical (unpaired) electrons. The topological polar surface area (TPSA) is 163 Å². The summed E-state index contributed by atoms with van der Waals surface area (Å²) in [5.41, 5.74) is 0. The van der Waals surface area contributed by atoms with Crippen molar-refractivity contribution in [1.82, 2.24) is 5.06 Å². The maximum Gasteiger partial charge on any atom is 0.336 e. The number of amides is 2. The third-order valence-corrected chi connectivity index (χ3v) is 3.47. The molecule has 1 aliphatic rings. The molecule has 1 aliphatic heterocycles. The van der Waals surface area contributed by atoms with Gasteiger partial charge in [0.15, 0.2) is 6.40 Å². The van der Waals surface area contributed by atoms with E-state index in [0.29, 0.717) is 0 Å². The van der Waals surface area contributed by atoms with E-state index in [9.17, 15) is 27.4 Å². The summed E-state index contributed by atoms with van der Waals surface area (Å²) >= 11 is 0. The molecule has 0 aromatic heterocycles. The van der Waals surface area contributed by atoms with Crippen LogP contribution in [-0.4, -0.2) is 72.3 Å². The number of aliphatic imine (C=N–C) groups is 1. The molecule has 0 bridgehead atoms. The van der Waals surface area contributed by atoms with Gasteiger partial charge in [-0.25, -0.2) is 13.2 Å². The van der Waals surface area contributed by atoms with Crippen molar-refractivity contribution in [2.45, 2.75) is 18.1 Å². The number of imide groups is 1. The van der Waals surface area contributed by atoms with E-state index in [1.165, 1.54) is 0 Å². The van der Waals surface area contributed by atoms with Crippen LogP contribution in [0.3, 0.4) is 0 Å². The minimum absolute atomic E-state index is 0.0255. The number of carbonyl (C=O) groups excluding carboxylic acids is 3. The van der Waals surface area contributed by atoms with Crippen molar-refractivity contribution in [2.24, 2.45) is 4.99 Å². The predicted octanol–water partition coefficient (Wildman–Crippen LogP) is -2.46. The highest BCUT2D eigenvalue weighted by molar-refractivity contribution is 7.87. The van der Waals surface area contributed by atoms with Gasteiger partial charge in [-0.05, 0) is 0 Å². The highest BCUT2D eigenvalue weighted by Crippen LogP contribution is 2.19. The van der Waals surface area contributed by atoms with Gasteiger partial charge in [0.25, 0.3) is 11.8 Å². The van der Waals surface area contributed by atoms with E-state index in [-0.39, 0.29) is 31.2 Å². The Labute approximate surface area is 125 Å². The average Bonchev–Trinajstić information content (AvgIpc) is 2.70. The maximum atomic E-state index is 11.5.